The van der Waals surface area contributed by atoms with Crippen LogP contribution < -0.4 is 0 Å². The van der Waals surface area contributed by atoms with Crippen molar-refractivity contribution in [3.63, 3.8) is 0 Å². The van der Waals surface area contributed by atoms with E-state index >= 15 is 0 Å². The number of phenolic OH excluding ortho intramolecular Hbond substituents is 1. The van der Waals surface area contributed by atoms with Crippen LogP contribution in [0, 0.1) is 0 Å². The van der Waals surface area contributed by atoms with Crippen LogP contribution in [-0.2, 0) is 6.42 Å². The Labute approximate surface area is 117 Å². The lowest BCUT2D eigenvalue weighted by atomic mass is 9.98. The van der Waals surface area contributed by atoms with E-state index in [1.54, 1.807) is 0 Å². The molecule has 0 amide bonds. The summed E-state index contributed by atoms with van der Waals surface area (Å²) in [6, 6.07) is 19.9. The van der Waals surface area contributed by atoms with Gasteiger partial charge in [0.15, 0.2) is 0 Å². The van der Waals surface area contributed by atoms with Crippen LogP contribution in [0.25, 0.3) is 10.8 Å². The Morgan fingerprint density at radius 1 is 0.842 bits per heavy atom. The van der Waals surface area contributed by atoms with Crippen LogP contribution in [0.4, 0.5) is 0 Å². The highest BCUT2D eigenvalue weighted by atomic mass is 35.5. The van der Waals surface area contributed by atoms with Crippen LogP contribution in [0.5, 0.6) is 5.75 Å². The Balaban J connectivity index is 2.16. The van der Waals surface area contributed by atoms with E-state index < -0.39 is 0 Å². The largest absolute Gasteiger partial charge is 0.506 e. The molecule has 0 aliphatic carbocycles. The predicted molar refractivity (Wildman–Crippen MR) is 79.9 cm³/mol. The van der Waals surface area contributed by atoms with Crippen molar-refractivity contribution in [3.8, 4) is 5.75 Å². The first-order valence-corrected chi connectivity index (χ1v) is 6.56. The normalized spacial score (nSPS) is 10.8. The summed E-state index contributed by atoms with van der Waals surface area (Å²) in [6.07, 6.45) is 0.807. The number of fused-ring (bicyclic) bond motifs is 1. The molecule has 3 rings (SSSR count). The molecule has 1 N–H and O–H groups in total. The van der Waals surface area contributed by atoms with Gasteiger partial charge in [-0.15, -0.1) is 0 Å². The van der Waals surface area contributed by atoms with Gasteiger partial charge in [-0.1, -0.05) is 66.2 Å². The highest BCUT2D eigenvalue weighted by Gasteiger charge is 2.09. The van der Waals surface area contributed by atoms with Crippen LogP contribution in [0.2, 0.25) is 5.02 Å². The van der Waals surface area contributed by atoms with E-state index in [0.29, 0.717) is 5.02 Å². The summed E-state index contributed by atoms with van der Waals surface area (Å²) in [4.78, 5) is 0. The number of halogens is 1. The maximum atomic E-state index is 10.0. The Bertz CT molecular complexity index is 720. The molecule has 0 bridgehead atoms. The van der Waals surface area contributed by atoms with Crippen molar-refractivity contribution < 1.29 is 5.11 Å². The third-order valence-corrected chi connectivity index (χ3v) is 3.58. The summed E-state index contributed by atoms with van der Waals surface area (Å²) in [5.41, 5.74) is 2.36. The number of phenols is 1. The predicted octanol–water partition coefficient (Wildman–Crippen LogP) is 4.79. The number of aromatic hydroxyl groups is 1. The maximum absolute atomic E-state index is 10.0. The first-order chi connectivity index (χ1) is 9.25. The van der Waals surface area contributed by atoms with Crippen LogP contribution >= 0.6 is 11.6 Å². The lowest BCUT2D eigenvalue weighted by molar-refractivity contribution is 0.482. The molecule has 0 atom stereocenters. The van der Waals surface area contributed by atoms with Gasteiger partial charge in [-0.3, -0.25) is 0 Å². The fourth-order valence-corrected chi connectivity index (χ4v) is 2.59. The van der Waals surface area contributed by atoms with E-state index in [-0.39, 0.29) is 5.75 Å². The molecule has 94 valence electrons. The molecule has 19 heavy (non-hydrogen) atoms. The monoisotopic (exact) mass is 268 g/mol. The van der Waals surface area contributed by atoms with Gasteiger partial charge in [-0.05, 0) is 29.0 Å². The zero-order chi connectivity index (χ0) is 13.2. The molecule has 0 saturated carbocycles. The summed E-state index contributed by atoms with van der Waals surface area (Å²) in [5.74, 6) is 0.161. The standard InChI is InChI=1S/C17H13ClO/c18-16-11-13(10-12-6-2-1-3-7-12)14-8-4-5-9-15(14)17(16)19/h1-9,11,19H,10H2. The minimum absolute atomic E-state index is 0.161. The van der Waals surface area contributed by atoms with E-state index in [0.717, 1.165) is 22.8 Å². The van der Waals surface area contributed by atoms with Crippen molar-refractivity contribution in [3.05, 3.63) is 76.8 Å². The van der Waals surface area contributed by atoms with E-state index in [9.17, 15) is 5.11 Å². The van der Waals surface area contributed by atoms with Gasteiger partial charge in [0, 0.05) is 5.39 Å². The van der Waals surface area contributed by atoms with Crippen LogP contribution in [0.3, 0.4) is 0 Å². The molecule has 0 fully saturated rings. The quantitative estimate of drug-likeness (QED) is 0.708. The minimum Gasteiger partial charge on any atom is -0.506 e. The highest BCUT2D eigenvalue weighted by Crippen LogP contribution is 2.35. The van der Waals surface area contributed by atoms with Crippen molar-refractivity contribution in [1.29, 1.82) is 0 Å². The van der Waals surface area contributed by atoms with Gasteiger partial charge in [-0.25, -0.2) is 0 Å². The maximum Gasteiger partial charge on any atom is 0.142 e. The molecule has 0 spiro atoms. The summed E-state index contributed by atoms with van der Waals surface area (Å²) in [5, 5.41) is 12.3. The zero-order valence-corrected chi connectivity index (χ0v) is 11.1. The van der Waals surface area contributed by atoms with E-state index in [1.807, 2.05) is 48.5 Å². The van der Waals surface area contributed by atoms with Crippen molar-refractivity contribution in [2.24, 2.45) is 0 Å². The fraction of sp³-hybridized carbons (Fsp3) is 0.0588. The fourth-order valence-electron chi connectivity index (χ4n) is 2.36. The molecule has 0 radical (unpaired) electrons. The van der Waals surface area contributed by atoms with Gasteiger partial charge in [0.1, 0.15) is 5.75 Å². The summed E-state index contributed by atoms with van der Waals surface area (Å²) < 4.78 is 0. The zero-order valence-electron chi connectivity index (χ0n) is 10.3. The van der Waals surface area contributed by atoms with Gasteiger partial charge in [0.05, 0.1) is 5.02 Å². The topological polar surface area (TPSA) is 20.2 Å². The third-order valence-electron chi connectivity index (χ3n) is 3.29. The molecule has 3 aromatic carbocycles. The highest BCUT2D eigenvalue weighted by molar-refractivity contribution is 6.33. The number of benzene rings is 3. The molecular weight excluding hydrogens is 256 g/mol. The molecule has 2 heteroatoms. The molecule has 0 saturated heterocycles. The van der Waals surface area contributed by atoms with Crippen LogP contribution in [0.15, 0.2) is 60.7 Å². The second-order valence-electron chi connectivity index (χ2n) is 4.57. The number of hydrogen-bond donors (Lipinski definition) is 1. The molecular formula is C17H13ClO. The van der Waals surface area contributed by atoms with Gasteiger partial charge >= 0.3 is 0 Å². The first-order valence-electron chi connectivity index (χ1n) is 6.19. The lowest BCUT2D eigenvalue weighted by Gasteiger charge is -2.10. The van der Waals surface area contributed by atoms with Crippen LogP contribution in [-0.4, -0.2) is 5.11 Å². The van der Waals surface area contributed by atoms with E-state index in [2.05, 4.69) is 12.1 Å². The average Bonchev–Trinajstić information content (AvgIpc) is 2.46. The summed E-state index contributed by atoms with van der Waals surface area (Å²) in [7, 11) is 0. The van der Waals surface area contributed by atoms with E-state index in [1.165, 1.54) is 5.56 Å². The Morgan fingerprint density at radius 2 is 1.47 bits per heavy atom. The lowest BCUT2D eigenvalue weighted by Crippen LogP contribution is -1.90. The van der Waals surface area contributed by atoms with Gasteiger partial charge < -0.3 is 5.11 Å². The third kappa shape index (κ3) is 2.29. The smallest absolute Gasteiger partial charge is 0.142 e. The molecule has 0 aliphatic heterocycles. The summed E-state index contributed by atoms with van der Waals surface area (Å²) in [6.45, 7) is 0. The number of rotatable bonds is 2. The molecule has 0 heterocycles. The van der Waals surface area contributed by atoms with Gasteiger partial charge in [0.2, 0.25) is 0 Å². The second kappa shape index (κ2) is 4.94. The van der Waals surface area contributed by atoms with Crippen molar-refractivity contribution in [1.82, 2.24) is 0 Å². The number of hydrogen-bond acceptors (Lipinski definition) is 1. The van der Waals surface area contributed by atoms with Gasteiger partial charge in [0.25, 0.3) is 0 Å². The molecule has 0 aliphatic rings. The molecule has 0 unspecified atom stereocenters. The van der Waals surface area contributed by atoms with E-state index in [4.69, 9.17) is 11.6 Å². The molecule has 0 aromatic heterocycles. The van der Waals surface area contributed by atoms with Crippen molar-refractivity contribution in [2.45, 2.75) is 6.42 Å². The second-order valence-corrected chi connectivity index (χ2v) is 4.98. The first kappa shape index (κ1) is 12.1. The SMILES string of the molecule is Oc1c(Cl)cc(Cc2ccccc2)c2ccccc12. The Kier molecular flexibility index (Phi) is 3.14. The van der Waals surface area contributed by atoms with Crippen LogP contribution in [0.1, 0.15) is 11.1 Å². The Morgan fingerprint density at radius 3 is 2.21 bits per heavy atom. The minimum atomic E-state index is 0.161. The van der Waals surface area contributed by atoms with Crippen molar-refractivity contribution in [2.75, 3.05) is 0 Å². The Hall–Kier alpha value is -1.99. The molecule has 1 nitrogen and oxygen atoms in total. The average molecular weight is 269 g/mol. The summed E-state index contributed by atoms with van der Waals surface area (Å²) >= 11 is 6.11. The van der Waals surface area contributed by atoms with Gasteiger partial charge in [-0.2, -0.15) is 0 Å². The molecule has 3 aromatic rings. The van der Waals surface area contributed by atoms with Crippen molar-refractivity contribution >= 4 is 22.4 Å².